The molecular formula is C17H24N4O. The fourth-order valence-corrected chi connectivity index (χ4v) is 2.97. The van der Waals surface area contributed by atoms with Crippen LogP contribution in [0.1, 0.15) is 56.1 Å². The highest BCUT2D eigenvalue weighted by molar-refractivity contribution is 5.35. The van der Waals surface area contributed by atoms with E-state index in [0.717, 1.165) is 18.2 Å². The van der Waals surface area contributed by atoms with Gasteiger partial charge in [-0.25, -0.2) is 4.68 Å². The molecule has 0 amide bonds. The van der Waals surface area contributed by atoms with E-state index in [9.17, 15) is 0 Å². The van der Waals surface area contributed by atoms with Crippen LogP contribution in [0.4, 0.5) is 5.95 Å². The van der Waals surface area contributed by atoms with Crippen LogP contribution < -0.4 is 5.32 Å². The first-order valence-corrected chi connectivity index (χ1v) is 7.89. The zero-order chi connectivity index (χ0) is 15.7. The maximum Gasteiger partial charge on any atom is 0.222 e. The van der Waals surface area contributed by atoms with Crippen molar-refractivity contribution in [1.29, 1.82) is 0 Å². The maximum atomic E-state index is 5.15. The van der Waals surface area contributed by atoms with Crippen molar-refractivity contribution >= 4 is 5.95 Å². The zero-order valence-corrected chi connectivity index (χ0v) is 13.7. The Labute approximate surface area is 131 Å². The van der Waals surface area contributed by atoms with Gasteiger partial charge in [0.2, 0.25) is 5.95 Å². The second kappa shape index (κ2) is 6.08. The quantitative estimate of drug-likeness (QED) is 0.941. The summed E-state index contributed by atoms with van der Waals surface area (Å²) >= 11 is 0. The fourth-order valence-electron chi connectivity index (χ4n) is 2.97. The Morgan fingerprint density at radius 3 is 2.68 bits per heavy atom. The second-order valence-corrected chi connectivity index (χ2v) is 6.35. The molecule has 5 nitrogen and oxygen atoms in total. The van der Waals surface area contributed by atoms with Gasteiger partial charge < -0.3 is 10.1 Å². The molecule has 0 saturated heterocycles. The highest BCUT2D eigenvalue weighted by Crippen LogP contribution is 2.31. The molecule has 2 heterocycles. The predicted molar refractivity (Wildman–Crippen MR) is 87.1 cm³/mol. The normalized spacial score (nSPS) is 20.8. The van der Waals surface area contributed by atoms with E-state index in [0.29, 0.717) is 18.6 Å². The third-order valence-corrected chi connectivity index (χ3v) is 4.18. The monoisotopic (exact) mass is 300 g/mol. The summed E-state index contributed by atoms with van der Waals surface area (Å²) in [5, 5.41) is 8.01. The van der Waals surface area contributed by atoms with Crippen LogP contribution in [0.5, 0.6) is 0 Å². The molecule has 118 valence electrons. The lowest BCUT2D eigenvalue weighted by atomic mass is 9.95. The van der Waals surface area contributed by atoms with Crippen molar-refractivity contribution in [2.45, 2.75) is 51.8 Å². The molecule has 2 aromatic rings. The fraction of sp³-hybridized carbons (Fsp3) is 0.529. The Kier molecular flexibility index (Phi) is 4.16. The average molecular weight is 300 g/mol. The smallest absolute Gasteiger partial charge is 0.222 e. The van der Waals surface area contributed by atoms with Gasteiger partial charge in [0, 0.05) is 13.2 Å². The van der Waals surface area contributed by atoms with Gasteiger partial charge in [0.1, 0.15) is 6.61 Å². The van der Waals surface area contributed by atoms with Crippen LogP contribution in [0.2, 0.25) is 0 Å². The molecule has 1 N–H and O–H groups in total. The van der Waals surface area contributed by atoms with Crippen LogP contribution >= 0.6 is 0 Å². The van der Waals surface area contributed by atoms with Crippen molar-refractivity contribution in [3.05, 3.63) is 41.2 Å². The second-order valence-electron chi connectivity index (χ2n) is 6.35. The molecule has 0 radical (unpaired) electrons. The molecule has 0 bridgehead atoms. The van der Waals surface area contributed by atoms with Gasteiger partial charge in [-0.05, 0) is 30.4 Å². The van der Waals surface area contributed by atoms with Crippen molar-refractivity contribution in [2.75, 3.05) is 12.4 Å². The molecule has 2 unspecified atom stereocenters. The summed E-state index contributed by atoms with van der Waals surface area (Å²) < 4.78 is 7.15. The van der Waals surface area contributed by atoms with Crippen molar-refractivity contribution < 1.29 is 4.74 Å². The predicted octanol–water partition coefficient (Wildman–Crippen LogP) is 3.34. The number of fused-ring (bicyclic) bond motifs is 1. The van der Waals surface area contributed by atoms with E-state index in [1.54, 1.807) is 7.11 Å². The number of benzene rings is 1. The Hall–Kier alpha value is -1.88. The highest BCUT2D eigenvalue weighted by atomic mass is 16.5. The number of hydrogen-bond donors (Lipinski definition) is 1. The number of anilines is 1. The van der Waals surface area contributed by atoms with Crippen LogP contribution in [-0.4, -0.2) is 27.9 Å². The van der Waals surface area contributed by atoms with Crippen LogP contribution in [-0.2, 0) is 11.3 Å². The number of nitrogens with zero attached hydrogens (tertiary/aromatic N) is 3. The summed E-state index contributed by atoms with van der Waals surface area (Å²) in [6.07, 6.45) is 1.00. The molecule has 0 aliphatic carbocycles. The van der Waals surface area contributed by atoms with E-state index in [1.165, 1.54) is 11.1 Å². The minimum atomic E-state index is 0.227. The molecule has 0 saturated carbocycles. The number of aromatic nitrogens is 3. The Bertz CT molecular complexity index is 633. The SMILES string of the molecule is COCc1nc2n(n1)C(c1ccc(C(C)C)cc1)CC(C)N2. The topological polar surface area (TPSA) is 52.0 Å². The maximum absolute atomic E-state index is 5.15. The first-order chi connectivity index (χ1) is 10.6. The lowest BCUT2D eigenvalue weighted by Gasteiger charge is -2.29. The number of hydrogen-bond acceptors (Lipinski definition) is 4. The molecule has 1 aromatic heterocycles. The molecule has 0 spiro atoms. The van der Waals surface area contributed by atoms with Gasteiger partial charge >= 0.3 is 0 Å². The molecule has 3 rings (SSSR count). The summed E-state index contributed by atoms with van der Waals surface area (Å²) in [6, 6.07) is 9.49. The summed E-state index contributed by atoms with van der Waals surface area (Å²) in [6.45, 7) is 7.06. The zero-order valence-electron chi connectivity index (χ0n) is 13.7. The molecule has 1 aliphatic rings. The molecule has 1 aliphatic heterocycles. The van der Waals surface area contributed by atoms with Crippen molar-refractivity contribution in [3.63, 3.8) is 0 Å². The Balaban J connectivity index is 1.93. The summed E-state index contributed by atoms with van der Waals surface area (Å²) in [5.74, 6) is 2.11. The van der Waals surface area contributed by atoms with Gasteiger partial charge in [-0.1, -0.05) is 38.1 Å². The number of methoxy groups -OCH3 is 1. The average Bonchev–Trinajstić information content (AvgIpc) is 2.89. The minimum Gasteiger partial charge on any atom is -0.377 e. The lowest BCUT2D eigenvalue weighted by Crippen LogP contribution is -2.31. The first-order valence-electron chi connectivity index (χ1n) is 7.89. The van der Waals surface area contributed by atoms with Crippen LogP contribution in [0.15, 0.2) is 24.3 Å². The van der Waals surface area contributed by atoms with Gasteiger partial charge in [0.25, 0.3) is 0 Å². The van der Waals surface area contributed by atoms with Crippen molar-refractivity contribution in [1.82, 2.24) is 14.8 Å². The standard InChI is InChI=1S/C17H24N4O/c1-11(2)13-5-7-14(8-6-13)15-9-12(3)18-17-19-16(10-22-4)20-21(15)17/h5-8,11-12,15H,9-10H2,1-4H3,(H,18,19,20). The van der Waals surface area contributed by atoms with Gasteiger partial charge in [-0.2, -0.15) is 10.1 Å². The molecule has 5 heteroatoms. The lowest BCUT2D eigenvalue weighted by molar-refractivity contribution is 0.177. The third-order valence-electron chi connectivity index (χ3n) is 4.18. The Morgan fingerprint density at radius 1 is 1.32 bits per heavy atom. The minimum absolute atomic E-state index is 0.227. The largest absolute Gasteiger partial charge is 0.377 e. The molecule has 2 atom stereocenters. The summed E-state index contributed by atoms with van der Waals surface area (Å²) in [7, 11) is 1.66. The molecule has 22 heavy (non-hydrogen) atoms. The highest BCUT2D eigenvalue weighted by Gasteiger charge is 2.28. The van der Waals surface area contributed by atoms with Crippen molar-refractivity contribution in [2.24, 2.45) is 0 Å². The summed E-state index contributed by atoms with van der Waals surface area (Å²) in [5.41, 5.74) is 2.65. The van der Waals surface area contributed by atoms with E-state index in [-0.39, 0.29) is 6.04 Å². The van der Waals surface area contributed by atoms with Crippen LogP contribution in [0.25, 0.3) is 0 Å². The number of ether oxygens (including phenoxy) is 1. The number of rotatable bonds is 4. The van der Waals surface area contributed by atoms with Crippen LogP contribution in [0.3, 0.4) is 0 Å². The first kappa shape index (κ1) is 15.0. The number of nitrogens with one attached hydrogen (secondary N) is 1. The Morgan fingerprint density at radius 2 is 2.05 bits per heavy atom. The van der Waals surface area contributed by atoms with Crippen LogP contribution in [0, 0.1) is 0 Å². The van der Waals surface area contributed by atoms with E-state index >= 15 is 0 Å². The summed E-state index contributed by atoms with van der Waals surface area (Å²) in [4.78, 5) is 4.53. The van der Waals surface area contributed by atoms with Gasteiger partial charge in [0.15, 0.2) is 5.82 Å². The van der Waals surface area contributed by atoms with Gasteiger partial charge in [-0.3, -0.25) is 0 Å². The van der Waals surface area contributed by atoms with Gasteiger partial charge in [0.05, 0.1) is 6.04 Å². The molecule has 1 aromatic carbocycles. The molecular weight excluding hydrogens is 276 g/mol. The van der Waals surface area contributed by atoms with Crippen molar-refractivity contribution in [3.8, 4) is 0 Å². The van der Waals surface area contributed by atoms with E-state index in [1.807, 2.05) is 4.68 Å². The van der Waals surface area contributed by atoms with E-state index < -0.39 is 0 Å². The van der Waals surface area contributed by atoms with Gasteiger partial charge in [-0.15, -0.1) is 0 Å². The van der Waals surface area contributed by atoms with E-state index in [4.69, 9.17) is 4.74 Å². The molecule has 0 fully saturated rings. The third kappa shape index (κ3) is 2.86. The van der Waals surface area contributed by atoms with E-state index in [2.05, 4.69) is 60.4 Å².